The van der Waals surface area contributed by atoms with E-state index in [1.165, 1.54) is 12.1 Å². The first kappa shape index (κ1) is 15.7. The Morgan fingerprint density at radius 3 is 2.70 bits per heavy atom. The van der Waals surface area contributed by atoms with Gasteiger partial charge in [0.1, 0.15) is 0 Å². The van der Waals surface area contributed by atoms with Crippen molar-refractivity contribution in [2.45, 2.75) is 6.54 Å². The number of hydrogen-bond acceptors (Lipinski definition) is 6. The molecular formula is C15H21N5O3. The van der Waals surface area contributed by atoms with Crippen molar-refractivity contribution in [1.29, 1.82) is 0 Å². The molecule has 124 valence electrons. The average molecular weight is 319 g/mol. The van der Waals surface area contributed by atoms with E-state index in [1.54, 1.807) is 6.07 Å². The van der Waals surface area contributed by atoms with E-state index in [0.29, 0.717) is 5.52 Å². The normalized spacial score (nSPS) is 15.9. The van der Waals surface area contributed by atoms with Crippen molar-refractivity contribution >= 4 is 22.7 Å². The second-order valence-corrected chi connectivity index (χ2v) is 5.84. The predicted molar refractivity (Wildman–Crippen MR) is 88.0 cm³/mol. The largest absolute Gasteiger partial charge is 0.379 e. The highest BCUT2D eigenvalue weighted by Gasteiger charge is 2.17. The van der Waals surface area contributed by atoms with Crippen LogP contribution < -0.4 is 4.90 Å². The summed E-state index contributed by atoms with van der Waals surface area (Å²) in [6.07, 6.45) is 0. The van der Waals surface area contributed by atoms with Crippen LogP contribution in [-0.2, 0) is 11.3 Å². The van der Waals surface area contributed by atoms with Gasteiger partial charge >= 0.3 is 0 Å². The van der Waals surface area contributed by atoms with Gasteiger partial charge in [-0.1, -0.05) is 0 Å². The van der Waals surface area contributed by atoms with Crippen molar-refractivity contribution in [2.24, 2.45) is 0 Å². The third-order valence-corrected chi connectivity index (χ3v) is 4.07. The standard InChI is InChI=1S/C15H21N5O3/c1-17(2)15-16-13-11-12(20(21)22)3-4-14(13)19(15)6-5-18-7-9-23-10-8-18/h3-4,11H,5-10H2,1-2H3. The van der Waals surface area contributed by atoms with E-state index in [1.807, 2.05) is 19.0 Å². The van der Waals surface area contributed by atoms with Gasteiger partial charge in [-0.2, -0.15) is 0 Å². The van der Waals surface area contributed by atoms with Crippen LogP contribution in [0.5, 0.6) is 0 Å². The van der Waals surface area contributed by atoms with Crippen molar-refractivity contribution in [3.8, 4) is 0 Å². The molecule has 23 heavy (non-hydrogen) atoms. The highest BCUT2D eigenvalue weighted by Crippen LogP contribution is 2.25. The number of nitro groups is 1. The summed E-state index contributed by atoms with van der Waals surface area (Å²) in [5.41, 5.74) is 1.65. The highest BCUT2D eigenvalue weighted by atomic mass is 16.6. The van der Waals surface area contributed by atoms with Gasteiger partial charge in [-0.05, 0) is 6.07 Å². The summed E-state index contributed by atoms with van der Waals surface area (Å²) in [6.45, 7) is 5.13. The number of anilines is 1. The molecule has 0 spiro atoms. The lowest BCUT2D eigenvalue weighted by atomic mass is 10.3. The predicted octanol–water partition coefficient (Wildman–Crippen LogP) is 1.34. The maximum Gasteiger partial charge on any atom is 0.271 e. The quantitative estimate of drug-likeness (QED) is 0.611. The summed E-state index contributed by atoms with van der Waals surface area (Å²) in [5.74, 6) is 0.814. The number of morpholine rings is 1. The molecule has 1 fully saturated rings. The molecule has 1 aliphatic heterocycles. The molecule has 1 aromatic carbocycles. The molecule has 1 aromatic heterocycles. The summed E-state index contributed by atoms with van der Waals surface area (Å²) in [6, 6.07) is 4.86. The Bertz CT molecular complexity index is 706. The SMILES string of the molecule is CN(C)c1nc2cc([N+](=O)[O-])ccc2n1CCN1CCOCC1. The van der Waals surface area contributed by atoms with Gasteiger partial charge < -0.3 is 14.2 Å². The van der Waals surface area contributed by atoms with Crippen LogP contribution in [0.25, 0.3) is 11.0 Å². The Morgan fingerprint density at radius 2 is 2.04 bits per heavy atom. The Hall–Kier alpha value is -2.19. The fourth-order valence-corrected chi connectivity index (χ4v) is 2.85. The van der Waals surface area contributed by atoms with Gasteiger partial charge in [0.05, 0.1) is 29.2 Å². The van der Waals surface area contributed by atoms with Crippen molar-refractivity contribution < 1.29 is 9.66 Å². The zero-order valence-corrected chi connectivity index (χ0v) is 13.4. The Labute approximate surface area is 134 Å². The van der Waals surface area contributed by atoms with Crippen molar-refractivity contribution in [1.82, 2.24) is 14.5 Å². The van der Waals surface area contributed by atoms with Crippen LogP contribution in [0.15, 0.2) is 18.2 Å². The number of imidazole rings is 1. The van der Waals surface area contributed by atoms with Crippen LogP contribution in [-0.4, -0.2) is 66.3 Å². The first-order chi connectivity index (χ1) is 11.1. The van der Waals surface area contributed by atoms with E-state index in [0.717, 1.165) is 50.9 Å². The van der Waals surface area contributed by atoms with Gasteiger partial charge in [-0.3, -0.25) is 15.0 Å². The second kappa shape index (κ2) is 6.51. The Balaban J connectivity index is 1.89. The topological polar surface area (TPSA) is 76.7 Å². The minimum atomic E-state index is -0.387. The third kappa shape index (κ3) is 3.27. The molecule has 0 amide bonds. The molecule has 8 heteroatoms. The van der Waals surface area contributed by atoms with E-state index >= 15 is 0 Å². The number of benzene rings is 1. The summed E-state index contributed by atoms with van der Waals surface area (Å²) in [7, 11) is 3.86. The van der Waals surface area contributed by atoms with Crippen LogP contribution in [0.2, 0.25) is 0 Å². The van der Waals surface area contributed by atoms with Crippen molar-refractivity contribution in [3.05, 3.63) is 28.3 Å². The first-order valence-corrected chi connectivity index (χ1v) is 7.68. The van der Waals surface area contributed by atoms with E-state index in [4.69, 9.17) is 4.74 Å². The molecule has 0 aliphatic carbocycles. The van der Waals surface area contributed by atoms with Gasteiger partial charge in [0.25, 0.3) is 5.69 Å². The maximum absolute atomic E-state index is 10.9. The third-order valence-electron chi connectivity index (χ3n) is 4.07. The number of hydrogen-bond donors (Lipinski definition) is 0. The molecule has 0 radical (unpaired) electrons. The fraction of sp³-hybridized carbons (Fsp3) is 0.533. The Morgan fingerprint density at radius 1 is 1.30 bits per heavy atom. The van der Waals surface area contributed by atoms with Crippen LogP contribution in [0.4, 0.5) is 11.6 Å². The molecule has 8 nitrogen and oxygen atoms in total. The fourth-order valence-electron chi connectivity index (χ4n) is 2.85. The van der Waals surface area contributed by atoms with Gasteiger partial charge in [0, 0.05) is 52.4 Å². The number of aromatic nitrogens is 2. The zero-order chi connectivity index (χ0) is 16.4. The molecule has 0 bridgehead atoms. The molecule has 3 rings (SSSR count). The lowest BCUT2D eigenvalue weighted by molar-refractivity contribution is -0.384. The molecule has 0 saturated carbocycles. The number of ether oxygens (including phenoxy) is 1. The zero-order valence-electron chi connectivity index (χ0n) is 13.4. The van der Waals surface area contributed by atoms with E-state index in [9.17, 15) is 10.1 Å². The summed E-state index contributed by atoms with van der Waals surface area (Å²) in [4.78, 5) is 19.4. The van der Waals surface area contributed by atoms with Crippen molar-refractivity contribution in [3.63, 3.8) is 0 Å². The monoisotopic (exact) mass is 319 g/mol. The Kier molecular flexibility index (Phi) is 4.44. The number of rotatable bonds is 5. The summed E-state index contributed by atoms with van der Waals surface area (Å²) < 4.78 is 7.49. The van der Waals surface area contributed by atoms with E-state index < -0.39 is 0 Å². The second-order valence-electron chi connectivity index (χ2n) is 5.84. The molecule has 1 saturated heterocycles. The molecule has 0 unspecified atom stereocenters. The first-order valence-electron chi connectivity index (χ1n) is 7.68. The van der Waals surface area contributed by atoms with Gasteiger partial charge in [-0.15, -0.1) is 0 Å². The molecular weight excluding hydrogens is 298 g/mol. The molecule has 2 heterocycles. The van der Waals surface area contributed by atoms with E-state index in [-0.39, 0.29) is 10.6 Å². The minimum absolute atomic E-state index is 0.0700. The van der Waals surface area contributed by atoms with Crippen LogP contribution in [0, 0.1) is 10.1 Å². The van der Waals surface area contributed by atoms with Gasteiger partial charge in [0.15, 0.2) is 0 Å². The molecule has 2 aromatic rings. The van der Waals surface area contributed by atoms with Crippen molar-refractivity contribution in [2.75, 3.05) is 51.8 Å². The molecule has 0 atom stereocenters. The lowest BCUT2D eigenvalue weighted by Crippen LogP contribution is -2.38. The van der Waals surface area contributed by atoms with Gasteiger partial charge in [0.2, 0.25) is 5.95 Å². The highest BCUT2D eigenvalue weighted by molar-refractivity contribution is 5.81. The smallest absolute Gasteiger partial charge is 0.271 e. The summed E-state index contributed by atoms with van der Waals surface area (Å²) >= 11 is 0. The molecule has 1 aliphatic rings. The van der Waals surface area contributed by atoms with Gasteiger partial charge in [-0.25, -0.2) is 4.98 Å². The van der Waals surface area contributed by atoms with Crippen LogP contribution >= 0.6 is 0 Å². The van der Waals surface area contributed by atoms with Crippen LogP contribution in [0.3, 0.4) is 0 Å². The van der Waals surface area contributed by atoms with E-state index in [2.05, 4.69) is 14.5 Å². The van der Waals surface area contributed by atoms with Crippen LogP contribution in [0.1, 0.15) is 0 Å². The minimum Gasteiger partial charge on any atom is -0.379 e. The number of nitrogens with zero attached hydrogens (tertiary/aromatic N) is 5. The molecule has 0 N–H and O–H groups in total. The number of nitro benzene ring substituents is 1. The average Bonchev–Trinajstić information content (AvgIpc) is 2.92. The maximum atomic E-state index is 10.9. The lowest BCUT2D eigenvalue weighted by Gasteiger charge is -2.27. The summed E-state index contributed by atoms with van der Waals surface area (Å²) in [5, 5.41) is 10.9. The number of non-ortho nitro benzene ring substituents is 1. The number of fused-ring (bicyclic) bond motifs is 1.